The van der Waals surface area contributed by atoms with E-state index in [1.807, 2.05) is 0 Å². The molecule has 14 rings (SSSR count). The molecule has 0 nitrogen and oxygen atoms in total. The summed E-state index contributed by atoms with van der Waals surface area (Å²) in [5.41, 5.74) is 13.7. The van der Waals surface area contributed by atoms with Crippen LogP contribution < -0.4 is 0 Å². The quantitative estimate of drug-likeness (QED) is 0.105. The summed E-state index contributed by atoms with van der Waals surface area (Å²) in [6.07, 6.45) is 10.7. The Kier molecular flexibility index (Phi) is 14.8. The zero-order valence-corrected chi connectivity index (χ0v) is 45.1. The molecule has 0 unspecified atom stereocenters. The molecule has 2 heteroatoms. The van der Waals surface area contributed by atoms with E-state index in [9.17, 15) is 0 Å². The van der Waals surface area contributed by atoms with Crippen molar-refractivity contribution in [2.24, 2.45) is 11.8 Å². The second-order valence-electron chi connectivity index (χ2n) is 19.8. The van der Waals surface area contributed by atoms with Gasteiger partial charge < -0.3 is 14.9 Å². The first kappa shape index (κ1) is 49.2. The summed E-state index contributed by atoms with van der Waals surface area (Å²) in [5.74, 6) is 1.72. The van der Waals surface area contributed by atoms with Gasteiger partial charge in [0.2, 0.25) is 0 Å². The van der Waals surface area contributed by atoms with Gasteiger partial charge in [0.05, 0.1) is 0 Å². The Bertz CT molecular complexity index is 3350. The molecule has 0 saturated heterocycles. The maximum absolute atomic E-state index is 3.06. The monoisotopic (exact) mass is 1020 g/mol. The Balaban J connectivity index is 0.000000156. The van der Waals surface area contributed by atoms with E-state index in [2.05, 4.69) is 225 Å². The number of hydrogen-bond acceptors (Lipinski definition) is 0. The van der Waals surface area contributed by atoms with E-state index in [1.165, 1.54) is 195 Å². The summed E-state index contributed by atoms with van der Waals surface area (Å²) >= 11 is 1.36. The van der Waals surface area contributed by atoms with Crippen LogP contribution >= 0.6 is 0 Å². The number of fused-ring (bicyclic) bond motifs is 6. The summed E-state index contributed by atoms with van der Waals surface area (Å²) < 4.78 is 0. The van der Waals surface area contributed by atoms with Crippen LogP contribution in [0, 0.1) is 26.7 Å². The van der Waals surface area contributed by atoms with Gasteiger partial charge in [-0.2, -0.15) is 12.1 Å². The largest absolute Gasteiger partial charge is 0.164 e. The van der Waals surface area contributed by atoms with Gasteiger partial charge in [-0.25, -0.2) is 0 Å². The van der Waals surface area contributed by atoms with Gasteiger partial charge in [0.1, 0.15) is 0 Å². The first-order valence-electron chi connectivity index (χ1n) is 25.3. The van der Waals surface area contributed by atoms with Crippen molar-refractivity contribution in [3.63, 3.8) is 0 Å². The van der Waals surface area contributed by atoms with Gasteiger partial charge in [0, 0.05) is 0 Å². The number of rotatable bonds is 8. The van der Waals surface area contributed by atoms with Gasteiger partial charge in [0.15, 0.2) is 0 Å². The Morgan fingerprint density at radius 3 is 0.889 bits per heavy atom. The SMILES string of the molecule is [CH3-].[CH3-].[Si]=[Zr].c1ccc2c(-c3ccc(-c4cccc5ccccc45)c4[cH-]c(CC5CCC5)cc34)cccc2c1.c1ccc2c(-c3ccc(-c4cccc5ccccc45)c4[cH-]c(CC5CCC5)cc34)cccc2c1. The van der Waals surface area contributed by atoms with Gasteiger partial charge in [-0.15, -0.1) is 44.8 Å². The molecule has 2 saturated carbocycles. The molecule has 2 fully saturated rings. The third-order valence-electron chi connectivity index (χ3n) is 15.7. The zero-order valence-electron chi connectivity index (χ0n) is 41.6. The van der Waals surface area contributed by atoms with Crippen molar-refractivity contribution in [3.8, 4) is 44.5 Å². The van der Waals surface area contributed by atoms with Gasteiger partial charge in [-0.05, 0) is 78.9 Å². The van der Waals surface area contributed by atoms with Crippen molar-refractivity contribution in [1.82, 2.24) is 0 Å². The van der Waals surface area contributed by atoms with Crippen LogP contribution in [0.3, 0.4) is 0 Å². The molecular formula is C70H60SiZr-4. The van der Waals surface area contributed by atoms with Crippen molar-refractivity contribution in [2.75, 3.05) is 0 Å². The van der Waals surface area contributed by atoms with Crippen LogP contribution in [0.15, 0.2) is 218 Å². The van der Waals surface area contributed by atoms with E-state index in [0.717, 1.165) is 11.8 Å². The molecule has 0 aliphatic heterocycles. The molecule has 2 aliphatic rings. The Labute approximate surface area is 443 Å². The summed E-state index contributed by atoms with van der Waals surface area (Å²) in [6, 6.07) is 81.2. The van der Waals surface area contributed by atoms with Gasteiger partial charge in [-0.1, -0.05) is 266 Å². The summed E-state index contributed by atoms with van der Waals surface area (Å²) in [7, 11) is 0. The molecule has 0 atom stereocenters. The second-order valence-corrected chi connectivity index (χ2v) is 19.8. The van der Waals surface area contributed by atoms with Gasteiger partial charge in [-0.3, -0.25) is 0 Å². The van der Waals surface area contributed by atoms with E-state index in [0.29, 0.717) is 0 Å². The van der Waals surface area contributed by atoms with Crippen LogP contribution in [-0.4, -0.2) is 6.88 Å². The second kappa shape index (κ2) is 21.7. The van der Waals surface area contributed by atoms with E-state index >= 15 is 0 Å². The molecule has 0 spiro atoms. The number of hydrogen-bond donors (Lipinski definition) is 0. The molecule has 72 heavy (non-hydrogen) atoms. The molecule has 2 radical (unpaired) electrons. The molecule has 0 heterocycles. The van der Waals surface area contributed by atoms with Gasteiger partial charge in [0.25, 0.3) is 0 Å². The molecule has 0 N–H and O–H groups in total. The average molecular weight is 1020 g/mol. The van der Waals surface area contributed by atoms with Crippen molar-refractivity contribution >= 4 is 71.5 Å². The molecule has 12 aromatic carbocycles. The zero-order chi connectivity index (χ0) is 47.0. The Hall–Kier alpha value is -6.44. The maximum Gasteiger partial charge on any atom is -0.0114 e. The summed E-state index contributed by atoms with van der Waals surface area (Å²) in [6.45, 7) is 3.06. The van der Waals surface area contributed by atoms with E-state index in [4.69, 9.17) is 0 Å². The van der Waals surface area contributed by atoms with Crippen molar-refractivity contribution in [1.29, 1.82) is 0 Å². The molecule has 0 bridgehead atoms. The van der Waals surface area contributed by atoms with E-state index < -0.39 is 0 Å². The predicted octanol–water partition coefficient (Wildman–Crippen LogP) is 19.6. The van der Waals surface area contributed by atoms with Crippen molar-refractivity contribution < 1.29 is 23.3 Å². The van der Waals surface area contributed by atoms with Crippen LogP contribution in [0.4, 0.5) is 0 Å². The fraction of sp³-hybridized carbons (Fsp3) is 0.143. The minimum atomic E-state index is 0. The molecule has 0 aromatic heterocycles. The molecule has 0 amide bonds. The minimum absolute atomic E-state index is 0. The van der Waals surface area contributed by atoms with Crippen molar-refractivity contribution in [3.05, 3.63) is 244 Å². The van der Waals surface area contributed by atoms with Crippen molar-refractivity contribution in [2.45, 2.75) is 51.4 Å². The van der Waals surface area contributed by atoms with E-state index in [1.54, 1.807) is 0 Å². The molecule has 2 aliphatic carbocycles. The Morgan fingerprint density at radius 2 is 0.583 bits per heavy atom. The normalized spacial score (nSPS) is 13.4. The first-order chi connectivity index (χ1) is 34.7. The standard InChI is InChI=1S/2C34H27.2CH3.Si.Zr/c2*1-3-14-27-25(10-1)12-6-16-29(27)31-18-19-32(30-17-7-13-26-11-2-4-15-28(26)30)34-22-24(21-33(31)34)20-23-8-5-9-23;;;;/h2*1-4,6-7,10-19,21-23H,5,8-9,20H2;2*1H3;;/q4*-1;;. The summed E-state index contributed by atoms with van der Waals surface area (Å²) in [5, 5.41) is 16.0. The smallest absolute Gasteiger partial charge is 0.0114 e. The van der Waals surface area contributed by atoms with Crippen LogP contribution in [-0.2, 0) is 36.2 Å². The summed E-state index contributed by atoms with van der Waals surface area (Å²) in [4.78, 5) is 0. The molecule has 12 aromatic rings. The van der Waals surface area contributed by atoms with Crippen LogP contribution in [0.2, 0.25) is 0 Å². The van der Waals surface area contributed by atoms with Gasteiger partial charge >= 0.3 is 30.2 Å². The fourth-order valence-electron chi connectivity index (χ4n) is 11.8. The first-order valence-corrected chi connectivity index (χ1v) is 29.5. The fourth-order valence-corrected chi connectivity index (χ4v) is 11.8. The number of benzene rings is 10. The molecular weight excluding hydrogens is 960 g/mol. The van der Waals surface area contributed by atoms with E-state index in [-0.39, 0.29) is 14.9 Å². The van der Waals surface area contributed by atoms with Crippen LogP contribution in [0.1, 0.15) is 49.7 Å². The minimum Gasteiger partial charge on any atom is -0.164 e. The predicted molar refractivity (Wildman–Crippen MR) is 312 cm³/mol. The molecule has 352 valence electrons. The van der Waals surface area contributed by atoms with Crippen LogP contribution in [0.5, 0.6) is 0 Å². The third kappa shape index (κ3) is 9.30. The Morgan fingerprint density at radius 1 is 0.319 bits per heavy atom. The average Bonchev–Trinajstić information content (AvgIpc) is 4.03. The maximum atomic E-state index is 3.06. The topological polar surface area (TPSA) is 0 Å². The third-order valence-corrected chi connectivity index (χ3v) is 15.7. The van der Waals surface area contributed by atoms with Crippen LogP contribution in [0.25, 0.3) is 109 Å².